The maximum absolute atomic E-state index is 12.8. The second-order valence-electron chi connectivity index (χ2n) is 9.95. The van der Waals surface area contributed by atoms with E-state index < -0.39 is 24.0 Å². The van der Waals surface area contributed by atoms with Crippen molar-refractivity contribution >= 4 is 46.4 Å². The summed E-state index contributed by atoms with van der Waals surface area (Å²) in [6, 6.07) is 10.0. The molecule has 0 spiro atoms. The Morgan fingerprint density at radius 1 is 1.05 bits per heavy atom. The van der Waals surface area contributed by atoms with Gasteiger partial charge in [0.2, 0.25) is 5.91 Å². The SMILES string of the molecule is CC(C)CNc1cc(NC(=O)OC(C)(C)C)c(NC(=O)CC(=O)c2cccc(-c3ncc[nH]3)c2)cc1Cl. The number of halogens is 1. The molecule has 0 aliphatic heterocycles. The number of carbonyl (C=O) groups is 3. The first kappa shape index (κ1) is 27.7. The van der Waals surface area contributed by atoms with Crippen molar-refractivity contribution in [2.24, 2.45) is 5.92 Å². The number of amides is 2. The highest BCUT2D eigenvalue weighted by molar-refractivity contribution is 6.34. The quantitative estimate of drug-likeness (QED) is 0.190. The summed E-state index contributed by atoms with van der Waals surface area (Å²) >= 11 is 6.45. The third kappa shape index (κ3) is 8.35. The fourth-order valence-corrected chi connectivity index (χ4v) is 3.58. The number of aromatic amines is 1. The predicted molar refractivity (Wildman–Crippen MR) is 146 cm³/mol. The van der Waals surface area contributed by atoms with Crippen LogP contribution in [0, 0.1) is 5.92 Å². The maximum atomic E-state index is 12.8. The summed E-state index contributed by atoms with van der Waals surface area (Å²) in [6.07, 6.45) is 2.22. The number of nitrogens with zero attached hydrogens (tertiary/aromatic N) is 1. The fourth-order valence-electron chi connectivity index (χ4n) is 3.35. The van der Waals surface area contributed by atoms with Gasteiger partial charge in [0, 0.05) is 30.1 Å². The molecular weight excluding hydrogens is 494 g/mol. The minimum Gasteiger partial charge on any atom is -0.444 e. The largest absolute Gasteiger partial charge is 0.444 e. The number of rotatable bonds is 9. The number of anilines is 3. The third-order valence-electron chi connectivity index (χ3n) is 4.99. The highest BCUT2D eigenvalue weighted by Crippen LogP contribution is 2.34. The van der Waals surface area contributed by atoms with Crippen LogP contribution in [0.1, 0.15) is 51.4 Å². The highest BCUT2D eigenvalue weighted by atomic mass is 35.5. The average molecular weight is 526 g/mol. The molecule has 2 amide bonds. The van der Waals surface area contributed by atoms with Crippen LogP contribution in [0.15, 0.2) is 48.8 Å². The van der Waals surface area contributed by atoms with Crippen molar-refractivity contribution in [1.29, 1.82) is 0 Å². The molecule has 9 nitrogen and oxygen atoms in total. The van der Waals surface area contributed by atoms with E-state index in [1.165, 1.54) is 6.07 Å². The van der Waals surface area contributed by atoms with E-state index in [2.05, 4.69) is 39.8 Å². The Bertz CT molecular complexity index is 1270. The monoisotopic (exact) mass is 525 g/mol. The molecule has 0 bridgehead atoms. The standard InChI is InChI=1S/C27H32ClN5O4/c1-16(2)15-31-20-13-22(33-26(36)37-27(3,4)5)21(12-19(20)28)32-24(35)14-23(34)17-7-6-8-18(11-17)25-29-9-10-30-25/h6-13,16,31H,14-15H2,1-5H3,(H,29,30)(H,32,35)(H,33,36). The summed E-state index contributed by atoms with van der Waals surface area (Å²) < 4.78 is 5.36. The van der Waals surface area contributed by atoms with E-state index in [-0.39, 0.29) is 17.2 Å². The van der Waals surface area contributed by atoms with Crippen molar-refractivity contribution in [3.8, 4) is 11.4 Å². The van der Waals surface area contributed by atoms with Crippen LogP contribution in [0.25, 0.3) is 11.4 Å². The summed E-state index contributed by atoms with van der Waals surface area (Å²) in [5.41, 5.74) is 1.51. The molecule has 37 heavy (non-hydrogen) atoms. The maximum Gasteiger partial charge on any atom is 0.412 e. The van der Waals surface area contributed by atoms with E-state index in [0.717, 1.165) is 5.56 Å². The van der Waals surface area contributed by atoms with Gasteiger partial charge >= 0.3 is 6.09 Å². The zero-order valence-corrected chi connectivity index (χ0v) is 22.3. The van der Waals surface area contributed by atoms with Gasteiger partial charge in [0.05, 0.1) is 28.5 Å². The number of hydrogen-bond donors (Lipinski definition) is 4. The molecule has 0 fully saturated rings. The van der Waals surface area contributed by atoms with Gasteiger partial charge in [-0.1, -0.05) is 43.6 Å². The lowest BCUT2D eigenvalue weighted by molar-refractivity contribution is -0.115. The molecule has 0 saturated carbocycles. The van der Waals surface area contributed by atoms with Crippen LogP contribution in [-0.4, -0.2) is 39.9 Å². The first-order valence-corrected chi connectivity index (χ1v) is 12.3. The summed E-state index contributed by atoms with van der Waals surface area (Å²) in [7, 11) is 0. The normalized spacial score (nSPS) is 11.2. The van der Waals surface area contributed by atoms with E-state index in [1.807, 2.05) is 6.07 Å². The van der Waals surface area contributed by atoms with Gasteiger partial charge in [-0.3, -0.25) is 14.9 Å². The molecule has 0 aliphatic carbocycles. The van der Waals surface area contributed by atoms with Crippen LogP contribution in [0.4, 0.5) is 21.9 Å². The molecular formula is C27H32ClN5O4. The average Bonchev–Trinajstić information content (AvgIpc) is 3.33. The predicted octanol–water partition coefficient (Wildman–Crippen LogP) is 6.36. The zero-order valence-electron chi connectivity index (χ0n) is 21.6. The zero-order chi connectivity index (χ0) is 27.2. The van der Waals surface area contributed by atoms with Crippen molar-refractivity contribution in [2.45, 2.75) is 46.6 Å². The van der Waals surface area contributed by atoms with E-state index in [1.54, 1.807) is 57.4 Å². The molecule has 3 aromatic rings. The number of hydrogen-bond acceptors (Lipinski definition) is 6. The lowest BCUT2D eigenvalue weighted by Crippen LogP contribution is -2.28. The van der Waals surface area contributed by atoms with E-state index >= 15 is 0 Å². The third-order valence-corrected chi connectivity index (χ3v) is 5.31. The first-order chi connectivity index (χ1) is 17.4. The molecule has 196 valence electrons. The molecule has 4 N–H and O–H groups in total. The van der Waals surface area contributed by atoms with Gasteiger partial charge in [0.15, 0.2) is 5.78 Å². The molecule has 1 heterocycles. The number of ketones is 1. The Morgan fingerprint density at radius 3 is 2.43 bits per heavy atom. The summed E-state index contributed by atoms with van der Waals surface area (Å²) in [4.78, 5) is 45.3. The molecule has 3 rings (SSSR count). The molecule has 0 unspecified atom stereocenters. The van der Waals surface area contributed by atoms with Gasteiger partial charge in [-0.15, -0.1) is 0 Å². The van der Waals surface area contributed by atoms with Crippen LogP contribution >= 0.6 is 11.6 Å². The molecule has 10 heteroatoms. The first-order valence-electron chi connectivity index (χ1n) is 11.9. The van der Waals surface area contributed by atoms with Crippen LogP contribution in [0.5, 0.6) is 0 Å². The molecule has 2 aromatic carbocycles. The topological polar surface area (TPSA) is 125 Å². The van der Waals surface area contributed by atoms with E-state index in [0.29, 0.717) is 34.6 Å². The lowest BCUT2D eigenvalue weighted by Gasteiger charge is -2.21. The number of Topliss-reactive ketones (excluding diaryl/α,β-unsaturated/α-hetero) is 1. The molecule has 0 radical (unpaired) electrons. The molecule has 1 aromatic heterocycles. The number of H-pyrrole nitrogens is 1. The minimum atomic E-state index is -0.713. The lowest BCUT2D eigenvalue weighted by atomic mass is 10.0. The van der Waals surface area contributed by atoms with Crippen LogP contribution in [0.2, 0.25) is 5.02 Å². The number of ether oxygens (including phenoxy) is 1. The van der Waals surface area contributed by atoms with Crippen molar-refractivity contribution in [1.82, 2.24) is 9.97 Å². The minimum absolute atomic E-state index is 0.244. The smallest absolute Gasteiger partial charge is 0.412 e. The Morgan fingerprint density at radius 2 is 1.78 bits per heavy atom. The number of nitrogens with one attached hydrogen (secondary N) is 4. The Labute approximate surface area is 221 Å². The second kappa shape index (κ2) is 11.9. The fraction of sp³-hybridized carbons (Fsp3) is 0.333. The highest BCUT2D eigenvalue weighted by Gasteiger charge is 2.20. The van der Waals surface area contributed by atoms with Crippen LogP contribution < -0.4 is 16.0 Å². The van der Waals surface area contributed by atoms with Gasteiger partial charge < -0.3 is 20.4 Å². The summed E-state index contributed by atoms with van der Waals surface area (Å²) in [5.74, 6) is 0.0567. The summed E-state index contributed by atoms with van der Waals surface area (Å²) in [6.45, 7) is 10.0. The van der Waals surface area contributed by atoms with Gasteiger partial charge in [-0.2, -0.15) is 0 Å². The Hall–Kier alpha value is -3.85. The Balaban J connectivity index is 1.78. The van der Waals surface area contributed by atoms with Gasteiger partial charge in [0.25, 0.3) is 0 Å². The van der Waals surface area contributed by atoms with Crippen molar-refractivity contribution in [3.05, 3.63) is 59.4 Å². The molecule has 0 saturated heterocycles. The van der Waals surface area contributed by atoms with Gasteiger partial charge in [-0.25, -0.2) is 9.78 Å². The number of carbonyl (C=O) groups excluding carboxylic acids is 3. The van der Waals surface area contributed by atoms with Gasteiger partial charge in [-0.05, 0) is 44.9 Å². The van der Waals surface area contributed by atoms with Crippen LogP contribution in [-0.2, 0) is 9.53 Å². The van der Waals surface area contributed by atoms with Crippen molar-refractivity contribution in [2.75, 3.05) is 22.5 Å². The van der Waals surface area contributed by atoms with Crippen LogP contribution in [0.3, 0.4) is 0 Å². The molecule has 0 atom stereocenters. The van der Waals surface area contributed by atoms with Gasteiger partial charge in [0.1, 0.15) is 11.4 Å². The van der Waals surface area contributed by atoms with Crippen molar-refractivity contribution < 1.29 is 19.1 Å². The Kier molecular flexibility index (Phi) is 8.94. The van der Waals surface area contributed by atoms with E-state index in [4.69, 9.17) is 16.3 Å². The summed E-state index contributed by atoms with van der Waals surface area (Å²) in [5, 5.41) is 8.94. The number of aromatic nitrogens is 2. The van der Waals surface area contributed by atoms with Crippen molar-refractivity contribution in [3.63, 3.8) is 0 Å². The second-order valence-corrected chi connectivity index (χ2v) is 10.4. The van der Waals surface area contributed by atoms with E-state index in [9.17, 15) is 14.4 Å². The number of benzene rings is 2. The number of imidazole rings is 1. The molecule has 0 aliphatic rings.